The van der Waals surface area contributed by atoms with Gasteiger partial charge in [-0.3, -0.25) is 4.79 Å². The van der Waals surface area contributed by atoms with Crippen molar-refractivity contribution in [2.75, 3.05) is 0 Å². The minimum Gasteiger partial charge on any atom is -0.508 e. The molecular formula is C25H22O3S. The summed E-state index contributed by atoms with van der Waals surface area (Å²) in [5, 5.41) is 10.6. The molecule has 1 heterocycles. The minimum atomic E-state index is -0.291. The molecule has 3 aromatic carbocycles. The summed E-state index contributed by atoms with van der Waals surface area (Å²) in [5.41, 5.74) is 1.94. The zero-order valence-electron chi connectivity index (χ0n) is 16.6. The van der Waals surface area contributed by atoms with Crippen molar-refractivity contribution in [1.82, 2.24) is 0 Å². The predicted octanol–water partition coefficient (Wildman–Crippen LogP) is 6.68. The van der Waals surface area contributed by atoms with Crippen molar-refractivity contribution in [3.63, 3.8) is 0 Å². The van der Waals surface area contributed by atoms with E-state index in [0.29, 0.717) is 11.1 Å². The molecule has 0 aliphatic heterocycles. The summed E-state index contributed by atoms with van der Waals surface area (Å²) in [6, 6.07) is 22.2. The van der Waals surface area contributed by atoms with Crippen molar-refractivity contribution in [2.45, 2.75) is 26.4 Å². The van der Waals surface area contributed by atoms with Gasteiger partial charge in [0.25, 0.3) is 0 Å². The Bertz CT molecular complexity index is 1160. The lowest BCUT2D eigenvalue weighted by Crippen LogP contribution is -2.22. The number of carbonyl (C=O) groups is 1. The van der Waals surface area contributed by atoms with E-state index in [0.717, 1.165) is 26.3 Å². The maximum absolute atomic E-state index is 13.5. The van der Waals surface area contributed by atoms with Crippen LogP contribution in [0.25, 0.3) is 20.5 Å². The number of ketones is 1. The number of rotatable bonds is 4. The molecule has 0 unspecified atom stereocenters. The largest absolute Gasteiger partial charge is 0.508 e. The second-order valence-electron chi connectivity index (χ2n) is 7.92. The lowest BCUT2D eigenvalue weighted by molar-refractivity contribution is 0.104. The molecule has 0 amide bonds. The van der Waals surface area contributed by atoms with Crippen LogP contribution in [0.1, 0.15) is 36.7 Å². The highest BCUT2D eigenvalue weighted by atomic mass is 32.1. The highest BCUT2D eigenvalue weighted by molar-refractivity contribution is 7.22. The van der Waals surface area contributed by atoms with Crippen molar-refractivity contribution in [1.29, 1.82) is 0 Å². The molecule has 0 radical (unpaired) electrons. The van der Waals surface area contributed by atoms with Gasteiger partial charge in [-0.2, -0.15) is 0 Å². The third-order valence-electron chi connectivity index (χ3n) is 4.49. The monoisotopic (exact) mass is 402 g/mol. The quantitative estimate of drug-likeness (QED) is 0.387. The van der Waals surface area contributed by atoms with Crippen molar-refractivity contribution in [2.24, 2.45) is 0 Å². The molecule has 0 spiro atoms. The summed E-state index contributed by atoms with van der Waals surface area (Å²) in [6.07, 6.45) is 0. The number of hydrogen-bond donors (Lipinski definition) is 1. The van der Waals surface area contributed by atoms with Crippen LogP contribution in [-0.4, -0.2) is 16.5 Å². The Labute approximate surface area is 174 Å². The molecule has 29 heavy (non-hydrogen) atoms. The van der Waals surface area contributed by atoms with Crippen molar-refractivity contribution in [3.05, 3.63) is 83.9 Å². The van der Waals surface area contributed by atoms with Crippen molar-refractivity contribution in [3.8, 4) is 21.9 Å². The highest BCUT2D eigenvalue weighted by Crippen LogP contribution is 2.40. The molecule has 146 valence electrons. The van der Waals surface area contributed by atoms with Gasteiger partial charge in [-0.25, -0.2) is 0 Å². The van der Waals surface area contributed by atoms with Gasteiger partial charge in [-0.1, -0.05) is 18.2 Å². The van der Waals surface area contributed by atoms with E-state index in [2.05, 4.69) is 0 Å². The van der Waals surface area contributed by atoms with Gasteiger partial charge in [-0.15, -0.1) is 11.3 Å². The van der Waals surface area contributed by atoms with E-state index in [-0.39, 0.29) is 17.1 Å². The first-order valence-corrected chi connectivity index (χ1v) is 10.3. The smallest absolute Gasteiger partial charge is 0.195 e. The van der Waals surface area contributed by atoms with Gasteiger partial charge < -0.3 is 9.84 Å². The molecule has 3 nitrogen and oxygen atoms in total. The number of ether oxygens (including phenoxy) is 1. The summed E-state index contributed by atoms with van der Waals surface area (Å²) in [7, 11) is 0. The van der Waals surface area contributed by atoms with Crippen LogP contribution in [0.4, 0.5) is 0 Å². The van der Waals surface area contributed by atoms with E-state index < -0.39 is 0 Å². The summed E-state index contributed by atoms with van der Waals surface area (Å²) in [4.78, 5) is 14.4. The maximum atomic E-state index is 13.5. The van der Waals surface area contributed by atoms with Gasteiger partial charge >= 0.3 is 0 Å². The normalized spacial score (nSPS) is 11.6. The van der Waals surface area contributed by atoms with Crippen LogP contribution < -0.4 is 4.74 Å². The van der Waals surface area contributed by atoms with Gasteiger partial charge in [0, 0.05) is 26.1 Å². The predicted molar refractivity (Wildman–Crippen MR) is 119 cm³/mol. The van der Waals surface area contributed by atoms with Crippen LogP contribution in [0.3, 0.4) is 0 Å². The molecular weight excluding hydrogens is 380 g/mol. The fourth-order valence-corrected chi connectivity index (χ4v) is 4.46. The SMILES string of the molecule is CC(C)(C)Oc1ccc(C(=O)c2c(-c3ccc(O)cc3)sc3ccccc23)cc1. The van der Waals surface area contributed by atoms with Gasteiger partial charge in [0.1, 0.15) is 17.1 Å². The van der Waals surface area contributed by atoms with E-state index in [1.165, 1.54) is 0 Å². The average Bonchev–Trinajstić information content (AvgIpc) is 3.07. The molecule has 0 atom stereocenters. The number of hydrogen-bond acceptors (Lipinski definition) is 4. The van der Waals surface area contributed by atoms with E-state index in [9.17, 15) is 9.90 Å². The third kappa shape index (κ3) is 4.03. The Morgan fingerprint density at radius 2 is 1.55 bits per heavy atom. The maximum Gasteiger partial charge on any atom is 0.195 e. The number of thiophene rings is 1. The summed E-state index contributed by atoms with van der Waals surface area (Å²) in [5.74, 6) is 0.924. The molecule has 0 saturated heterocycles. The Hall–Kier alpha value is -3.11. The molecule has 4 heteroatoms. The van der Waals surface area contributed by atoms with Gasteiger partial charge in [0.2, 0.25) is 0 Å². The molecule has 0 aliphatic carbocycles. The third-order valence-corrected chi connectivity index (χ3v) is 5.71. The van der Waals surface area contributed by atoms with Crippen LogP contribution in [0.15, 0.2) is 72.8 Å². The first kappa shape index (κ1) is 19.2. The number of carbonyl (C=O) groups excluding carboxylic acids is 1. The Morgan fingerprint density at radius 3 is 2.21 bits per heavy atom. The first-order valence-electron chi connectivity index (χ1n) is 9.46. The van der Waals surface area contributed by atoms with Crippen molar-refractivity contribution >= 4 is 27.2 Å². The van der Waals surface area contributed by atoms with Gasteiger partial charge in [-0.05, 0) is 80.9 Å². The van der Waals surface area contributed by atoms with E-state index in [4.69, 9.17) is 4.74 Å². The fourth-order valence-electron chi connectivity index (χ4n) is 3.26. The molecule has 1 N–H and O–H groups in total. The number of fused-ring (bicyclic) bond motifs is 1. The average molecular weight is 403 g/mol. The van der Waals surface area contributed by atoms with Gasteiger partial charge in [0.05, 0.1) is 0 Å². The lowest BCUT2D eigenvalue weighted by Gasteiger charge is -2.21. The van der Waals surface area contributed by atoms with Crippen molar-refractivity contribution < 1.29 is 14.6 Å². The standard InChI is InChI=1S/C25H22O3S/c1-25(2,3)28-19-14-10-16(11-15-19)23(27)22-20-6-4-5-7-21(20)29-24(22)17-8-12-18(26)13-9-17/h4-15,26H,1-3H3. The van der Waals surface area contributed by atoms with E-state index in [1.807, 2.05) is 81.4 Å². The molecule has 0 bridgehead atoms. The molecule has 0 fully saturated rings. The van der Waals surface area contributed by atoms with Crippen LogP contribution in [0.5, 0.6) is 11.5 Å². The first-order chi connectivity index (χ1) is 13.8. The van der Waals surface area contributed by atoms with Crippen LogP contribution in [0.2, 0.25) is 0 Å². The Kier molecular flexibility index (Phi) is 4.89. The number of phenols is 1. The molecule has 0 aliphatic rings. The zero-order chi connectivity index (χ0) is 20.6. The molecule has 4 aromatic rings. The summed E-state index contributed by atoms with van der Waals surface area (Å²) < 4.78 is 6.93. The second-order valence-corrected chi connectivity index (χ2v) is 8.97. The Balaban J connectivity index is 1.79. The Morgan fingerprint density at radius 1 is 0.897 bits per heavy atom. The molecule has 4 rings (SSSR count). The summed E-state index contributed by atoms with van der Waals surface area (Å²) in [6.45, 7) is 5.98. The van der Waals surface area contributed by atoms with E-state index >= 15 is 0 Å². The van der Waals surface area contributed by atoms with Crippen LogP contribution in [-0.2, 0) is 0 Å². The topological polar surface area (TPSA) is 46.5 Å². The summed E-state index contributed by atoms with van der Waals surface area (Å²) >= 11 is 1.59. The fraction of sp³-hybridized carbons (Fsp3) is 0.160. The highest BCUT2D eigenvalue weighted by Gasteiger charge is 2.21. The minimum absolute atomic E-state index is 0.0205. The van der Waals surface area contributed by atoms with E-state index in [1.54, 1.807) is 23.5 Å². The number of benzene rings is 3. The van der Waals surface area contributed by atoms with Crippen LogP contribution >= 0.6 is 11.3 Å². The number of aromatic hydroxyl groups is 1. The molecule has 0 saturated carbocycles. The molecule has 1 aromatic heterocycles. The lowest BCUT2D eigenvalue weighted by atomic mass is 9.97. The number of phenolic OH excluding ortho intramolecular Hbond substituents is 1. The zero-order valence-corrected chi connectivity index (χ0v) is 17.4. The van der Waals surface area contributed by atoms with Gasteiger partial charge in [0.15, 0.2) is 5.78 Å². The second kappa shape index (κ2) is 7.37. The van der Waals surface area contributed by atoms with Crippen LogP contribution in [0, 0.1) is 0 Å².